The number of rotatable bonds is 4. The standard InChI is InChI=1S/2C10H16N.C2H2O5/c2*1-11(2,3)9-10-7-5-4-6-8-10;3-1(4)7-2(5)6/h2*4-8H,9H2,1-3H3;(H,3,4)(H,5,6)/q2*+1;/p-2. The maximum absolute atomic E-state index is 9.06. The van der Waals surface area contributed by atoms with Gasteiger partial charge in [-0.3, -0.25) is 0 Å². The Morgan fingerprint density at radius 1 is 0.655 bits per heavy atom. The molecular weight excluding hydrogens is 372 g/mol. The van der Waals surface area contributed by atoms with Gasteiger partial charge in [0.25, 0.3) is 12.3 Å². The number of carbonyl (C=O) groups is 2. The first-order valence-electron chi connectivity index (χ1n) is 9.07. The highest BCUT2D eigenvalue weighted by Crippen LogP contribution is 2.05. The molecule has 0 bridgehead atoms. The molecule has 0 atom stereocenters. The Kier molecular flexibility index (Phi) is 11.3. The molecule has 0 unspecified atom stereocenters. The average molecular weight is 405 g/mol. The molecule has 2 aromatic rings. The van der Waals surface area contributed by atoms with Crippen LogP contribution in [0.1, 0.15) is 11.1 Å². The number of ether oxygens (including phenoxy) is 1. The van der Waals surface area contributed by atoms with Crippen LogP contribution in [0.2, 0.25) is 0 Å². The van der Waals surface area contributed by atoms with E-state index in [0.29, 0.717) is 0 Å². The summed E-state index contributed by atoms with van der Waals surface area (Å²) in [5, 5.41) is 18.1. The predicted molar refractivity (Wildman–Crippen MR) is 108 cm³/mol. The van der Waals surface area contributed by atoms with Crippen LogP contribution in [-0.4, -0.2) is 63.6 Å². The summed E-state index contributed by atoms with van der Waals surface area (Å²) < 4.78 is 4.84. The first kappa shape index (κ1) is 26.1. The van der Waals surface area contributed by atoms with Crippen molar-refractivity contribution in [2.24, 2.45) is 0 Å². The van der Waals surface area contributed by atoms with Crippen molar-refractivity contribution >= 4 is 12.3 Å². The maximum Gasteiger partial charge on any atom is 0.259 e. The molecule has 2 rings (SSSR count). The number of quaternary nitrogens is 2. The van der Waals surface area contributed by atoms with Crippen molar-refractivity contribution in [2.45, 2.75) is 13.1 Å². The molecule has 0 heterocycles. The molecule has 0 aliphatic heterocycles. The van der Waals surface area contributed by atoms with E-state index < -0.39 is 12.3 Å². The van der Waals surface area contributed by atoms with E-state index in [1.807, 2.05) is 0 Å². The lowest BCUT2D eigenvalue weighted by atomic mass is 10.2. The van der Waals surface area contributed by atoms with Crippen molar-refractivity contribution in [3.8, 4) is 0 Å². The van der Waals surface area contributed by atoms with Gasteiger partial charge in [0.05, 0.1) is 42.3 Å². The van der Waals surface area contributed by atoms with Crippen molar-refractivity contribution in [2.75, 3.05) is 42.3 Å². The first-order valence-corrected chi connectivity index (χ1v) is 9.07. The molecule has 0 aliphatic rings. The summed E-state index contributed by atoms with van der Waals surface area (Å²) in [5.74, 6) is 0. The van der Waals surface area contributed by atoms with E-state index in [1.165, 1.54) is 11.1 Å². The zero-order valence-electron chi connectivity index (χ0n) is 18.1. The van der Waals surface area contributed by atoms with Gasteiger partial charge in [0.15, 0.2) is 0 Å². The summed E-state index contributed by atoms with van der Waals surface area (Å²) in [6.07, 6.45) is -4.25. The van der Waals surface area contributed by atoms with Crippen LogP contribution in [0.3, 0.4) is 0 Å². The second-order valence-corrected chi connectivity index (χ2v) is 8.47. The van der Waals surface area contributed by atoms with E-state index in [4.69, 9.17) is 19.8 Å². The maximum atomic E-state index is 9.06. The highest BCUT2D eigenvalue weighted by Gasteiger charge is 2.07. The minimum absolute atomic E-state index is 0.990. The summed E-state index contributed by atoms with van der Waals surface area (Å²) in [4.78, 5) is 18.1. The van der Waals surface area contributed by atoms with Crippen LogP contribution in [-0.2, 0) is 17.8 Å². The van der Waals surface area contributed by atoms with Crippen LogP contribution in [0, 0.1) is 0 Å². The fourth-order valence-corrected chi connectivity index (χ4v) is 2.33. The molecule has 0 spiro atoms. The van der Waals surface area contributed by atoms with Gasteiger partial charge in [-0.2, -0.15) is 0 Å². The highest BCUT2D eigenvalue weighted by atomic mass is 16.7. The average Bonchev–Trinajstić information content (AvgIpc) is 2.53. The summed E-state index contributed by atoms with van der Waals surface area (Å²) >= 11 is 0. The summed E-state index contributed by atoms with van der Waals surface area (Å²) in [7, 11) is 13.2. The van der Waals surface area contributed by atoms with Crippen LogP contribution < -0.4 is 10.2 Å². The van der Waals surface area contributed by atoms with Crippen molar-refractivity contribution in [3.63, 3.8) is 0 Å². The molecule has 0 saturated heterocycles. The van der Waals surface area contributed by atoms with Crippen LogP contribution in [0.5, 0.6) is 0 Å². The molecule has 0 aromatic heterocycles. The van der Waals surface area contributed by atoms with Crippen LogP contribution in [0.15, 0.2) is 60.7 Å². The molecule has 0 N–H and O–H groups in total. The van der Waals surface area contributed by atoms with Gasteiger partial charge in [-0.25, -0.2) is 0 Å². The van der Waals surface area contributed by atoms with E-state index in [1.54, 1.807) is 0 Å². The van der Waals surface area contributed by atoms with Crippen LogP contribution in [0.25, 0.3) is 0 Å². The largest absolute Gasteiger partial charge is 0.483 e. The normalized spacial score (nSPS) is 10.6. The van der Waals surface area contributed by atoms with Crippen LogP contribution >= 0.6 is 0 Å². The number of hydrogen-bond acceptors (Lipinski definition) is 5. The Balaban J connectivity index is 0.000000419. The molecule has 0 radical (unpaired) electrons. The topological polar surface area (TPSA) is 89.5 Å². The predicted octanol–water partition coefficient (Wildman–Crippen LogP) is 1.48. The molecule has 0 aliphatic carbocycles. The van der Waals surface area contributed by atoms with Gasteiger partial charge in [-0.05, 0) is 0 Å². The van der Waals surface area contributed by atoms with E-state index >= 15 is 0 Å². The quantitative estimate of drug-likeness (QED) is 0.437. The zero-order chi connectivity index (χ0) is 22.5. The van der Waals surface area contributed by atoms with Crippen molar-refractivity contribution in [3.05, 3.63) is 71.8 Å². The third kappa shape index (κ3) is 18.2. The van der Waals surface area contributed by atoms with Gasteiger partial charge in [0, 0.05) is 11.1 Å². The Morgan fingerprint density at radius 2 is 0.931 bits per heavy atom. The van der Waals surface area contributed by atoms with Gasteiger partial charge in [-0.15, -0.1) is 0 Å². The van der Waals surface area contributed by atoms with Gasteiger partial charge in [0.1, 0.15) is 13.1 Å². The van der Waals surface area contributed by atoms with Crippen molar-refractivity contribution in [1.29, 1.82) is 0 Å². The van der Waals surface area contributed by atoms with Gasteiger partial charge < -0.3 is 33.5 Å². The highest BCUT2D eigenvalue weighted by molar-refractivity contribution is 5.71. The fourth-order valence-electron chi connectivity index (χ4n) is 2.33. The number of benzene rings is 2. The number of hydrogen-bond donors (Lipinski definition) is 0. The van der Waals surface area contributed by atoms with Crippen molar-refractivity contribution < 1.29 is 33.5 Å². The second kappa shape index (κ2) is 12.5. The SMILES string of the molecule is C[N+](C)(C)Cc1ccccc1.C[N+](C)(C)Cc1ccccc1.O=C([O-])OC(=O)[O-]. The third-order valence-electron chi connectivity index (χ3n) is 3.17. The summed E-state index contributed by atoms with van der Waals surface area (Å²) in [6.45, 7) is 2.20. The molecule has 7 nitrogen and oxygen atoms in total. The second-order valence-electron chi connectivity index (χ2n) is 8.47. The Morgan fingerprint density at radius 3 is 1.10 bits per heavy atom. The summed E-state index contributed by atoms with van der Waals surface area (Å²) in [6, 6.07) is 21.1. The lowest BCUT2D eigenvalue weighted by molar-refractivity contribution is -0.884. The molecule has 160 valence electrons. The smallest absolute Gasteiger partial charge is 0.259 e. The van der Waals surface area contributed by atoms with E-state index in [-0.39, 0.29) is 0 Å². The molecule has 7 heteroatoms. The van der Waals surface area contributed by atoms with Gasteiger partial charge in [0.2, 0.25) is 0 Å². The number of carboxylic acid groups (broad SMARTS) is 2. The molecule has 0 fully saturated rings. The third-order valence-corrected chi connectivity index (χ3v) is 3.17. The molecular formula is C22H32N2O5. The Hall–Kier alpha value is -2.90. The Labute approximate surface area is 173 Å². The molecule has 29 heavy (non-hydrogen) atoms. The van der Waals surface area contributed by atoms with Crippen molar-refractivity contribution in [1.82, 2.24) is 0 Å². The first-order chi connectivity index (χ1) is 13.3. The zero-order valence-corrected chi connectivity index (χ0v) is 18.1. The minimum Gasteiger partial charge on any atom is -0.483 e. The summed E-state index contributed by atoms with van der Waals surface area (Å²) in [5.41, 5.74) is 2.81. The number of nitrogens with zero attached hydrogens (tertiary/aromatic N) is 2. The van der Waals surface area contributed by atoms with E-state index in [2.05, 4.69) is 108 Å². The van der Waals surface area contributed by atoms with E-state index in [9.17, 15) is 0 Å². The lowest BCUT2D eigenvalue weighted by Gasteiger charge is -2.23. The van der Waals surface area contributed by atoms with Gasteiger partial charge in [-0.1, -0.05) is 60.7 Å². The molecule has 0 saturated carbocycles. The molecule has 0 amide bonds. The Bertz CT molecular complexity index is 657. The van der Waals surface area contributed by atoms with E-state index in [0.717, 1.165) is 22.1 Å². The molecule has 2 aromatic carbocycles. The minimum atomic E-state index is -2.12. The number of carbonyl (C=O) groups excluding carboxylic acids is 2. The monoisotopic (exact) mass is 404 g/mol. The van der Waals surface area contributed by atoms with Crippen LogP contribution in [0.4, 0.5) is 9.59 Å². The lowest BCUT2D eigenvalue weighted by Crippen LogP contribution is -2.33. The fraction of sp³-hybridized carbons (Fsp3) is 0.364. The van der Waals surface area contributed by atoms with Gasteiger partial charge >= 0.3 is 0 Å².